The summed E-state index contributed by atoms with van der Waals surface area (Å²) in [5.41, 5.74) is 3.73. The summed E-state index contributed by atoms with van der Waals surface area (Å²) in [5.74, 6) is 1.76. The summed E-state index contributed by atoms with van der Waals surface area (Å²) in [6.07, 6.45) is 4.80. The summed E-state index contributed by atoms with van der Waals surface area (Å²) in [6.45, 7) is 9.85. The number of nitrogens with zero attached hydrogens (tertiary/aromatic N) is 6. The number of thiophene rings is 1. The predicted molar refractivity (Wildman–Crippen MR) is 149 cm³/mol. The highest BCUT2D eigenvalue weighted by Crippen LogP contribution is 2.32. The average Bonchev–Trinajstić information content (AvgIpc) is 3.69. The van der Waals surface area contributed by atoms with Gasteiger partial charge in [-0.05, 0) is 68.0 Å². The van der Waals surface area contributed by atoms with E-state index >= 15 is 0 Å². The van der Waals surface area contributed by atoms with Gasteiger partial charge < -0.3 is 9.62 Å². The zero-order valence-corrected chi connectivity index (χ0v) is 22.5. The van der Waals surface area contributed by atoms with E-state index in [1.165, 1.54) is 0 Å². The van der Waals surface area contributed by atoms with Crippen LogP contribution in [0.15, 0.2) is 48.1 Å². The number of likely N-dealkylation sites (N-methyl/N-ethyl adjacent to an activating group) is 1. The van der Waals surface area contributed by atoms with Crippen LogP contribution in [0.4, 0.5) is 5.82 Å². The van der Waals surface area contributed by atoms with Gasteiger partial charge in [0.1, 0.15) is 5.82 Å². The molecule has 0 aliphatic carbocycles. The lowest BCUT2D eigenvalue weighted by Gasteiger charge is -2.26. The largest absolute Gasteiger partial charge is 0.350 e. The SMILES string of the molecule is CCN(CC)C(C)CNC(=O)c1cc(-c2cnn3ccc(-c4cccs4)nc23)nc(N2CCCS2)c1. The highest BCUT2D eigenvalue weighted by atomic mass is 32.2. The molecule has 4 aromatic rings. The molecule has 1 saturated heterocycles. The van der Waals surface area contributed by atoms with Crippen LogP contribution in [-0.2, 0) is 0 Å². The monoisotopic (exact) mass is 521 g/mol. The Balaban J connectivity index is 1.50. The molecule has 0 radical (unpaired) electrons. The van der Waals surface area contributed by atoms with Crippen molar-refractivity contribution in [2.75, 3.05) is 36.2 Å². The van der Waals surface area contributed by atoms with Crippen molar-refractivity contribution in [1.29, 1.82) is 0 Å². The molecule has 4 aromatic heterocycles. The van der Waals surface area contributed by atoms with Crippen LogP contribution in [0.25, 0.3) is 27.5 Å². The maximum absolute atomic E-state index is 13.3. The third kappa shape index (κ3) is 5.11. The average molecular weight is 522 g/mol. The molecule has 5 rings (SSSR count). The molecule has 1 amide bonds. The topological polar surface area (TPSA) is 78.7 Å². The lowest BCUT2D eigenvalue weighted by atomic mass is 10.1. The second kappa shape index (κ2) is 11.0. The maximum atomic E-state index is 13.3. The molecule has 1 unspecified atom stereocenters. The number of fused-ring (bicyclic) bond motifs is 1. The second-order valence-corrected chi connectivity index (χ2v) is 10.8. The Morgan fingerprint density at radius 3 is 2.78 bits per heavy atom. The van der Waals surface area contributed by atoms with Crippen molar-refractivity contribution < 1.29 is 4.79 Å². The van der Waals surface area contributed by atoms with E-state index in [1.54, 1.807) is 34.0 Å². The van der Waals surface area contributed by atoms with Crippen LogP contribution in [0.1, 0.15) is 37.6 Å². The van der Waals surface area contributed by atoms with E-state index in [1.807, 2.05) is 35.8 Å². The summed E-state index contributed by atoms with van der Waals surface area (Å²) < 4.78 is 3.94. The van der Waals surface area contributed by atoms with Crippen LogP contribution in [0.2, 0.25) is 0 Å². The van der Waals surface area contributed by atoms with Gasteiger partial charge in [-0.25, -0.2) is 14.5 Å². The minimum atomic E-state index is -0.0909. The number of carbonyl (C=O) groups is 1. The zero-order valence-electron chi connectivity index (χ0n) is 20.8. The molecule has 1 aliphatic heterocycles. The molecule has 36 heavy (non-hydrogen) atoms. The molecular formula is C26H31N7OS2. The van der Waals surface area contributed by atoms with Gasteiger partial charge in [0, 0.05) is 36.6 Å². The van der Waals surface area contributed by atoms with Gasteiger partial charge in [0.05, 0.1) is 28.0 Å². The Morgan fingerprint density at radius 2 is 2.06 bits per heavy atom. The first-order chi connectivity index (χ1) is 17.6. The Morgan fingerprint density at radius 1 is 1.19 bits per heavy atom. The number of pyridine rings is 1. The van der Waals surface area contributed by atoms with E-state index in [0.717, 1.165) is 59.4 Å². The van der Waals surface area contributed by atoms with Gasteiger partial charge in [-0.2, -0.15) is 5.10 Å². The van der Waals surface area contributed by atoms with Gasteiger partial charge >= 0.3 is 0 Å². The van der Waals surface area contributed by atoms with Gasteiger partial charge in [-0.1, -0.05) is 19.9 Å². The first-order valence-corrected chi connectivity index (χ1v) is 14.2. The van der Waals surface area contributed by atoms with Crippen LogP contribution in [-0.4, -0.2) is 68.4 Å². The van der Waals surface area contributed by atoms with Crippen molar-refractivity contribution in [2.45, 2.75) is 33.2 Å². The molecule has 1 fully saturated rings. The van der Waals surface area contributed by atoms with Gasteiger partial charge in [-0.3, -0.25) is 9.69 Å². The Labute approximate surface area is 219 Å². The van der Waals surface area contributed by atoms with Crippen molar-refractivity contribution >= 4 is 40.7 Å². The molecule has 1 N–H and O–H groups in total. The maximum Gasteiger partial charge on any atom is 0.251 e. The highest BCUT2D eigenvalue weighted by Gasteiger charge is 2.21. The van der Waals surface area contributed by atoms with Gasteiger partial charge in [0.2, 0.25) is 0 Å². The minimum Gasteiger partial charge on any atom is -0.350 e. The van der Waals surface area contributed by atoms with Crippen molar-refractivity contribution in [3.05, 3.63) is 53.7 Å². The van der Waals surface area contributed by atoms with Crippen LogP contribution in [0.3, 0.4) is 0 Å². The number of amides is 1. The zero-order chi connectivity index (χ0) is 25.1. The van der Waals surface area contributed by atoms with E-state index in [4.69, 9.17) is 9.97 Å². The van der Waals surface area contributed by atoms with Crippen LogP contribution >= 0.6 is 23.3 Å². The lowest BCUT2D eigenvalue weighted by molar-refractivity contribution is 0.0938. The fourth-order valence-corrected chi connectivity index (χ4v) is 6.13. The minimum absolute atomic E-state index is 0.0909. The van der Waals surface area contributed by atoms with Crippen molar-refractivity contribution in [1.82, 2.24) is 29.8 Å². The van der Waals surface area contributed by atoms with Gasteiger partial charge in [0.15, 0.2) is 5.65 Å². The number of hydrogen-bond donors (Lipinski definition) is 1. The number of anilines is 1. The third-order valence-corrected chi connectivity index (χ3v) is 8.54. The van der Waals surface area contributed by atoms with E-state index in [9.17, 15) is 4.79 Å². The molecule has 188 valence electrons. The molecular weight excluding hydrogens is 490 g/mol. The molecule has 1 aliphatic rings. The molecule has 0 aromatic carbocycles. The molecule has 8 nitrogen and oxygen atoms in total. The highest BCUT2D eigenvalue weighted by molar-refractivity contribution is 8.00. The predicted octanol–water partition coefficient (Wildman–Crippen LogP) is 4.84. The number of carbonyl (C=O) groups excluding carboxylic acids is 1. The summed E-state index contributed by atoms with van der Waals surface area (Å²) in [4.78, 5) is 26.6. The fraction of sp³-hybridized carbons (Fsp3) is 0.385. The standard InChI is InChI=1S/C26H31N7OS2/c1-4-31(5-2)18(3)16-27-26(34)19-14-22(29-24(15-19)33-10-7-13-36-33)20-17-28-32-11-9-21(30-25(20)32)23-8-6-12-35-23/h6,8-9,11-12,14-15,17-18H,4-5,7,10,13,16H2,1-3H3,(H,27,34). The van der Waals surface area contributed by atoms with Crippen LogP contribution in [0, 0.1) is 0 Å². The van der Waals surface area contributed by atoms with Gasteiger partial charge in [-0.15, -0.1) is 11.3 Å². The summed E-state index contributed by atoms with van der Waals surface area (Å²) >= 11 is 3.41. The van der Waals surface area contributed by atoms with Gasteiger partial charge in [0.25, 0.3) is 5.91 Å². The third-order valence-electron chi connectivity index (χ3n) is 6.49. The summed E-state index contributed by atoms with van der Waals surface area (Å²) in [7, 11) is 0. The molecule has 5 heterocycles. The number of rotatable bonds is 9. The Hall–Kier alpha value is -2.95. The number of nitrogens with one attached hydrogen (secondary N) is 1. The number of aromatic nitrogens is 4. The number of hydrogen-bond acceptors (Lipinski definition) is 8. The Bertz CT molecular complexity index is 1330. The van der Waals surface area contributed by atoms with Crippen molar-refractivity contribution in [3.63, 3.8) is 0 Å². The molecule has 0 bridgehead atoms. The summed E-state index contributed by atoms with van der Waals surface area (Å²) in [6, 6.07) is 10.1. The van der Waals surface area contributed by atoms with E-state index in [2.05, 4.69) is 46.5 Å². The second-order valence-electron chi connectivity index (χ2n) is 8.78. The normalized spacial score (nSPS) is 14.6. The molecule has 0 saturated carbocycles. The smallest absolute Gasteiger partial charge is 0.251 e. The lowest BCUT2D eigenvalue weighted by Crippen LogP contribution is -2.42. The molecule has 1 atom stereocenters. The molecule has 0 spiro atoms. The van der Waals surface area contributed by atoms with Crippen LogP contribution < -0.4 is 9.62 Å². The first kappa shape index (κ1) is 24.7. The fourth-order valence-electron chi connectivity index (χ4n) is 4.47. The van der Waals surface area contributed by atoms with Crippen molar-refractivity contribution in [3.8, 4) is 21.8 Å². The van der Waals surface area contributed by atoms with Crippen molar-refractivity contribution in [2.24, 2.45) is 0 Å². The molecule has 10 heteroatoms. The van der Waals surface area contributed by atoms with Crippen LogP contribution in [0.5, 0.6) is 0 Å². The van der Waals surface area contributed by atoms with E-state index in [-0.39, 0.29) is 11.9 Å². The quantitative estimate of drug-likeness (QED) is 0.316. The Kier molecular flexibility index (Phi) is 7.54. The first-order valence-electron chi connectivity index (χ1n) is 12.4. The van der Waals surface area contributed by atoms with E-state index < -0.39 is 0 Å². The summed E-state index contributed by atoms with van der Waals surface area (Å²) in [5, 5.41) is 9.69. The van der Waals surface area contributed by atoms with E-state index in [0.29, 0.717) is 17.8 Å².